The van der Waals surface area contributed by atoms with E-state index in [2.05, 4.69) is 15.0 Å². The van der Waals surface area contributed by atoms with Gasteiger partial charge in [0, 0.05) is 43.7 Å². The van der Waals surface area contributed by atoms with Gasteiger partial charge in [-0.1, -0.05) is 54.1 Å². The summed E-state index contributed by atoms with van der Waals surface area (Å²) in [6, 6.07) is 21.0. The summed E-state index contributed by atoms with van der Waals surface area (Å²) >= 11 is 5.95. The summed E-state index contributed by atoms with van der Waals surface area (Å²) < 4.78 is 71.8. The Bertz CT molecular complexity index is 1660. The third kappa shape index (κ3) is 7.16. The number of nitrogens with zero attached hydrogens (tertiary/aromatic N) is 4. The Kier molecular flexibility index (Phi) is 9.23. The number of benzene rings is 3. The fourth-order valence-corrected chi connectivity index (χ4v) is 7.20. The molecule has 0 aromatic heterocycles. The second-order valence-corrected chi connectivity index (χ2v) is 13.9. The molecule has 2 aliphatic rings. The molecule has 2 N–H and O–H groups in total. The van der Waals surface area contributed by atoms with Crippen LogP contribution in [-0.4, -0.2) is 82.8 Å². The van der Waals surface area contributed by atoms with Crippen LogP contribution in [0.2, 0.25) is 5.02 Å². The van der Waals surface area contributed by atoms with E-state index < -0.39 is 25.9 Å². The van der Waals surface area contributed by atoms with E-state index >= 15 is 0 Å². The van der Waals surface area contributed by atoms with Gasteiger partial charge in [0.15, 0.2) is 0 Å². The lowest BCUT2D eigenvalue weighted by Gasteiger charge is -2.27. The molecule has 0 spiro atoms. The van der Waals surface area contributed by atoms with Gasteiger partial charge in [-0.15, -0.1) is 4.40 Å². The normalized spacial score (nSPS) is 18.6. The third-order valence-electron chi connectivity index (χ3n) is 6.93. The summed E-state index contributed by atoms with van der Waals surface area (Å²) in [5.74, 6) is -1.09. The van der Waals surface area contributed by atoms with E-state index in [-0.39, 0.29) is 35.6 Å². The largest absolute Gasteiger partial charge is 0.353 e. The Hall–Kier alpha value is -3.36. The molecule has 0 amide bonds. The van der Waals surface area contributed by atoms with E-state index in [1.165, 1.54) is 45.7 Å². The van der Waals surface area contributed by atoms with Crippen molar-refractivity contribution in [3.8, 4) is 0 Å². The van der Waals surface area contributed by atoms with Crippen LogP contribution in [0.25, 0.3) is 0 Å². The highest BCUT2D eigenvalue weighted by molar-refractivity contribution is 7.90. The lowest BCUT2D eigenvalue weighted by atomic mass is 9.91. The smallest absolute Gasteiger partial charge is 0.285 e. The summed E-state index contributed by atoms with van der Waals surface area (Å²) in [5.41, 5.74) is 2.17. The topological polar surface area (TPSA) is 124 Å². The monoisotopic (exact) mass is 632 g/mol. The van der Waals surface area contributed by atoms with Crippen LogP contribution in [0.3, 0.4) is 0 Å². The molecule has 1 fully saturated rings. The lowest BCUT2D eigenvalue weighted by molar-refractivity contribution is 0.360. The molecule has 1 atom stereocenters. The number of sulfonamides is 2. The molecule has 0 saturated carbocycles. The Morgan fingerprint density at radius 1 is 0.976 bits per heavy atom. The molecule has 3 aromatic rings. The molecule has 5 rings (SSSR count). The quantitative estimate of drug-likeness (QED) is 0.289. The van der Waals surface area contributed by atoms with Crippen LogP contribution >= 0.6 is 11.6 Å². The van der Waals surface area contributed by atoms with Crippen LogP contribution in [0.15, 0.2) is 93.3 Å². The molecule has 10 nitrogen and oxygen atoms in total. The van der Waals surface area contributed by atoms with Gasteiger partial charge in [-0.2, -0.15) is 17.8 Å². The highest BCUT2D eigenvalue weighted by Crippen LogP contribution is 2.29. The summed E-state index contributed by atoms with van der Waals surface area (Å²) in [6.45, 7) is 1.97. The van der Waals surface area contributed by atoms with Gasteiger partial charge in [0.2, 0.25) is 16.0 Å². The molecular formula is C28H30ClFN6O4S2. The Labute approximate surface area is 250 Å². The number of nitrogens with one attached hydrogen (secondary N) is 2. The summed E-state index contributed by atoms with van der Waals surface area (Å²) in [4.78, 5) is -0.0822. The van der Waals surface area contributed by atoms with Crippen molar-refractivity contribution in [3.05, 3.63) is 101 Å². The predicted molar refractivity (Wildman–Crippen MR) is 161 cm³/mol. The maximum atomic E-state index is 13.7. The van der Waals surface area contributed by atoms with Crippen LogP contribution in [0.1, 0.15) is 17.0 Å². The highest BCUT2D eigenvalue weighted by Gasteiger charge is 2.33. The van der Waals surface area contributed by atoms with Crippen molar-refractivity contribution >= 4 is 43.3 Å². The minimum atomic E-state index is -4.23. The standard InChI is InChI=1S/C28H30ClFN6O4S2/c29-23-8-12-25(13-9-23)42(39,40)34-28(32-16-19-41(37,38)35-17-14-31-15-18-35)36-20-26(21-4-2-1-3-5-21)27(33-36)22-6-10-24(30)11-7-22/h1-13,26,31H,14-20H2,(H,32,34)/t26-/m1/s1. The van der Waals surface area contributed by atoms with Crippen molar-refractivity contribution in [2.24, 2.45) is 9.50 Å². The number of hydrazone groups is 1. The van der Waals surface area contributed by atoms with E-state index in [9.17, 15) is 21.2 Å². The summed E-state index contributed by atoms with van der Waals surface area (Å²) in [5, 5.41) is 12.6. The van der Waals surface area contributed by atoms with Gasteiger partial charge in [0.05, 0.1) is 22.9 Å². The predicted octanol–water partition coefficient (Wildman–Crippen LogP) is 2.85. The maximum absolute atomic E-state index is 13.7. The molecule has 0 unspecified atom stereocenters. The van der Waals surface area contributed by atoms with E-state index in [0.717, 1.165) is 5.56 Å². The first-order valence-electron chi connectivity index (χ1n) is 13.3. The van der Waals surface area contributed by atoms with E-state index in [4.69, 9.17) is 16.7 Å². The van der Waals surface area contributed by atoms with Crippen molar-refractivity contribution in [1.29, 1.82) is 0 Å². The number of piperazine rings is 1. The van der Waals surface area contributed by atoms with Gasteiger partial charge in [0.1, 0.15) is 5.82 Å². The number of hydrogen-bond donors (Lipinski definition) is 2. The minimum absolute atomic E-state index is 0.0822. The van der Waals surface area contributed by atoms with Crippen LogP contribution in [0, 0.1) is 5.82 Å². The first-order valence-corrected chi connectivity index (χ1v) is 16.7. The fourth-order valence-electron chi connectivity index (χ4n) is 4.75. The van der Waals surface area contributed by atoms with Crippen LogP contribution in [0.5, 0.6) is 0 Å². The van der Waals surface area contributed by atoms with Crippen LogP contribution in [-0.2, 0) is 20.0 Å². The zero-order valence-corrected chi connectivity index (χ0v) is 24.9. The molecule has 3 aromatic carbocycles. The molecule has 0 bridgehead atoms. The average Bonchev–Trinajstić information content (AvgIpc) is 3.44. The lowest BCUT2D eigenvalue weighted by Crippen LogP contribution is -2.48. The third-order valence-corrected chi connectivity index (χ3v) is 10.3. The molecule has 0 radical (unpaired) electrons. The van der Waals surface area contributed by atoms with Crippen molar-refractivity contribution in [1.82, 2.24) is 19.9 Å². The van der Waals surface area contributed by atoms with E-state index in [1.54, 1.807) is 12.1 Å². The Balaban J connectivity index is 1.49. The maximum Gasteiger partial charge on any atom is 0.285 e. The van der Waals surface area contributed by atoms with Gasteiger partial charge < -0.3 is 10.6 Å². The van der Waals surface area contributed by atoms with Gasteiger partial charge in [-0.3, -0.25) is 0 Å². The van der Waals surface area contributed by atoms with Gasteiger partial charge in [0.25, 0.3) is 10.0 Å². The summed E-state index contributed by atoms with van der Waals surface area (Å²) in [6.07, 6.45) is 0. The average molecular weight is 633 g/mol. The van der Waals surface area contributed by atoms with Crippen molar-refractivity contribution in [2.75, 3.05) is 45.0 Å². The minimum Gasteiger partial charge on any atom is -0.353 e. The fraction of sp³-hybridized carbons (Fsp3) is 0.286. The van der Waals surface area contributed by atoms with Crippen molar-refractivity contribution in [3.63, 3.8) is 0 Å². The molecule has 14 heteroatoms. The molecule has 0 aliphatic carbocycles. The zero-order valence-electron chi connectivity index (χ0n) is 22.5. The molecule has 1 saturated heterocycles. The first kappa shape index (κ1) is 30.1. The zero-order chi connectivity index (χ0) is 29.7. The summed E-state index contributed by atoms with van der Waals surface area (Å²) in [7, 11) is -7.82. The van der Waals surface area contributed by atoms with Gasteiger partial charge in [-0.25, -0.2) is 17.8 Å². The molecular weight excluding hydrogens is 603 g/mol. The van der Waals surface area contributed by atoms with Crippen LogP contribution < -0.4 is 10.6 Å². The van der Waals surface area contributed by atoms with Crippen molar-refractivity contribution < 1.29 is 21.2 Å². The van der Waals surface area contributed by atoms with E-state index in [0.29, 0.717) is 42.5 Å². The number of hydrogen-bond acceptors (Lipinski definition) is 6. The second-order valence-electron chi connectivity index (χ2n) is 9.77. The Morgan fingerprint density at radius 2 is 1.64 bits per heavy atom. The molecule has 222 valence electrons. The number of rotatable bonds is 8. The SMILES string of the molecule is O=S(=O)(N=C(NCCS(=O)(=O)N1CCNCC1)N1C[C@H](c2ccccc2)C(c2ccc(F)cc2)=N1)c1ccc(Cl)cc1. The van der Waals surface area contributed by atoms with Gasteiger partial charge >= 0.3 is 0 Å². The van der Waals surface area contributed by atoms with E-state index in [1.807, 2.05) is 30.3 Å². The molecule has 42 heavy (non-hydrogen) atoms. The molecule has 2 aliphatic heterocycles. The first-order chi connectivity index (χ1) is 20.1. The second kappa shape index (κ2) is 12.9. The van der Waals surface area contributed by atoms with Gasteiger partial charge in [-0.05, 0) is 47.5 Å². The number of halogens is 2. The van der Waals surface area contributed by atoms with Crippen LogP contribution in [0.4, 0.5) is 4.39 Å². The number of guanidine groups is 1. The highest BCUT2D eigenvalue weighted by atomic mass is 35.5. The Morgan fingerprint density at radius 3 is 2.31 bits per heavy atom. The van der Waals surface area contributed by atoms with Crippen molar-refractivity contribution in [2.45, 2.75) is 10.8 Å². The molecule has 2 heterocycles.